The molecule has 4 nitrogen and oxygen atoms in total. The monoisotopic (exact) mass is 167 g/mol. The van der Waals surface area contributed by atoms with Crippen LogP contribution in [-0.4, -0.2) is 43.8 Å². The van der Waals surface area contributed by atoms with Crippen LogP contribution in [0.5, 0.6) is 0 Å². The van der Waals surface area contributed by atoms with E-state index in [-0.39, 0.29) is 12.3 Å². The van der Waals surface area contributed by atoms with Gasteiger partial charge >= 0.3 is 0 Å². The third kappa shape index (κ3) is 6.00. The minimum Gasteiger partial charge on any atom is -0.314 e. The summed E-state index contributed by atoms with van der Waals surface area (Å²) in [5.74, 6) is 0.0112. The number of hydrogen-bond acceptors (Lipinski definition) is 4. The summed E-state index contributed by atoms with van der Waals surface area (Å²) in [6.45, 7) is 2.40. The summed E-state index contributed by atoms with van der Waals surface area (Å²) in [6, 6.07) is 0. The lowest BCUT2D eigenvalue weighted by Gasteiger charge is -2.09. The van der Waals surface area contributed by atoms with Gasteiger partial charge in [0.1, 0.15) is 9.84 Å². The second-order valence-corrected chi connectivity index (χ2v) is 4.44. The van der Waals surface area contributed by atoms with E-state index in [4.69, 9.17) is 5.21 Å². The lowest BCUT2D eigenvalue weighted by atomic mass is 10.6. The van der Waals surface area contributed by atoms with Gasteiger partial charge < -0.3 is 5.21 Å². The van der Waals surface area contributed by atoms with Crippen molar-refractivity contribution in [1.29, 1.82) is 0 Å². The van der Waals surface area contributed by atoms with Gasteiger partial charge in [-0.05, 0) is 0 Å². The summed E-state index contributed by atoms with van der Waals surface area (Å²) >= 11 is 0. The van der Waals surface area contributed by atoms with Gasteiger partial charge in [0.25, 0.3) is 0 Å². The van der Waals surface area contributed by atoms with Crippen LogP contribution < -0.4 is 0 Å². The van der Waals surface area contributed by atoms with E-state index < -0.39 is 9.84 Å². The SMILES string of the molecule is CCN(O)CCS(C)(=O)=O. The predicted octanol–water partition coefficient (Wildman–Crippen LogP) is -0.258. The highest BCUT2D eigenvalue weighted by molar-refractivity contribution is 7.90. The maximum atomic E-state index is 10.5. The molecule has 0 aliphatic heterocycles. The van der Waals surface area contributed by atoms with Gasteiger partial charge in [-0.3, -0.25) is 0 Å². The topological polar surface area (TPSA) is 57.6 Å². The molecule has 0 aliphatic carbocycles. The van der Waals surface area contributed by atoms with Crippen LogP contribution in [0, 0.1) is 0 Å². The fraction of sp³-hybridized carbons (Fsp3) is 1.00. The number of nitrogens with zero attached hydrogens (tertiary/aromatic N) is 1. The molecule has 0 saturated carbocycles. The van der Waals surface area contributed by atoms with Crippen molar-refractivity contribution < 1.29 is 13.6 Å². The summed E-state index contributed by atoms with van der Waals surface area (Å²) in [4.78, 5) is 0. The summed E-state index contributed by atoms with van der Waals surface area (Å²) < 4.78 is 21.0. The molecule has 0 rings (SSSR count). The molecule has 0 unspecified atom stereocenters. The van der Waals surface area contributed by atoms with E-state index in [0.717, 1.165) is 11.3 Å². The summed E-state index contributed by atoms with van der Waals surface area (Å²) in [7, 11) is -2.93. The quantitative estimate of drug-likeness (QED) is 0.586. The van der Waals surface area contributed by atoms with Gasteiger partial charge in [0.2, 0.25) is 0 Å². The zero-order valence-electron chi connectivity index (χ0n) is 6.24. The van der Waals surface area contributed by atoms with Crippen LogP contribution in [-0.2, 0) is 9.84 Å². The maximum Gasteiger partial charge on any atom is 0.148 e. The third-order valence-corrected chi connectivity index (χ3v) is 2.01. The molecular weight excluding hydrogens is 154 g/mol. The molecule has 0 aromatic rings. The Bertz CT molecular complexity index is 175. The highest BCUT2D eigenvalue weighted by atomic mass is 32.2. The summed E-state index contributed by atoms with van der Waals surface area (Å²) in [6.07, 6.45) is 1.15. The van der Waals surface area contributed by atoms with Crippen LogP contribution in [0.2, 0.25) is 0 Å². The van der Waals surface area contributed by atoms with E-state index in [1.54, 1.807) is 6.92 Å². The molecule has 62 valence electrons. The Morgan fingerprint density at radius 2 is 2.00 bits per heavy atom. The Labute approximate surface area is 61.3 Å². The molecule has 0 bridgehead atoms. The van der Waals surface area contributed by atoms with Crippen LogP contribution >= 0.6 is 0 Å². The molecule has 0 saturated heterocycles. The third-order valence-electron chi connectivity index (χ3n) is 1.09. The Balaban J connectivity index is 3.56. The Hall–Kier alpha value is -0.130. The number of hydroxylamine groups is 2. The smallest absolute Gasteiger partial charge is 0.148 e. The molecule has 0 fully saturated rings. The second kappa shape index (κ2) is 3.90. The van der Waals surface area contributed by atoms with E-state index in [1.807, 2.05) is 0 Å². The van der Waals surface area contributed by atoms with Crippen LogP contribution in [0.1, 0.15) is 6.92 Å². The molecule has 1 N–H and O–H groups in total. The van der Waals surface area contributed by atoms with Gasteiger partial charge in [-0.15, -0.1) is 0 Å². The number of hydrogen-bond donors (Lipinski definition) is 1. The fourth-order valence-electron chi connectivity index (χ4n) is 0.429. The Morgan fingerprint density at radius 3 is 2.30 bits per heavy atom. The molecule has 5 heteroatoms. The minimum absolute atomic E-state index is 0.0112. The average molecular weight is 167 g/mol. The highest BCUT2D eigenvalue weighted by Gasteiger charge is 2.03. The van der Waals surface area contributed by atoms with Crippen LogP contribution in [0.25, 0.3) is 0 Å². The first-order valence-electron chi connectivity index (χ1n) is 3.07. The van der Waals surface area contributed by atoms with E-state index >= 15 is 0 Å². The molecule has 0 atom stereocenters. The van der Waals surface area contributed by atoms with Crippen molar-refractivity contribution in [2.45, 2.75) is 6.92 Å². The highest BCUT2D eigenvalue weighted by Crippen LogP contribution is 1.85. The molecule has 0 aromatic carbocycles. The van der Waals surface area contributed by atoms with E-state index in [9.17, 15) is 8.42 Å². The molecule has 0 aliphatic rings. The zero-order chi connectivity index (χ0) is 8.20. The normalized spacial score (nSPS) is 12.4. The van der Waals surface area contributed by atoms with Crippen molar-refractivity contribution >= 4 is 9.84 Å². The van der Waals surface area contributed by atoms with Crippen molar-refractivity contribution in [2.75, 3.05) is 25.1 Å². The number of sulfone groups is 1. The molecule has 0 radical (unpaired) electrons. The van der Waals surface area contributed by atoms with E-state index in [0.29, 0.717) is 6.54 Å². The standard InChI is InChI=1S/C5H13NO3S/c1-3-6(7)4-5-10(2,8)9/h7H,3-5H2,1-2H3. The lowest BCUT2D eigenvalue weighted by Crippen LogP contribution is -2.25. The van der Waals surface area contributed by atoms with Crippen molar-refractivity contribution in [3.63, 3.8) is 0 Å². The van der Waals surface area contributed by atoms with Gasteiger partial charge in [0, 0.05) is 19.3 Å². The molecule has 10 heavy (non-hydrogen) atoms. The van der Waals surface area contributed by atoms with Crippen molar-refractivity contribution in [1.82, 2.24) is 5.06 Å². The zero-order valence-corrected chi connectivity index (χ0v) is 7.06. The molecular formula is C5H13NO3S. The lowest BCUT2D eigenvalue weighted by molar-refractivity contribution is -0.0805. The van der Waals surface area contributed by atoms with Gasteiger partial charge in [-0.1, -0.05) is 6.92 Å². The first kappa shape index (κ1) is 9.87. The van der Waals surface area contributed by atoms with Crippen LogP contribution in [0.15, 0.2) is 0 Å². The van der Waals surface area contributed by atoms with Gasteiger partial charge in [-0.2, -0.15) is 5.06 Å². The van der Waals surface area contributed by atoms with Gasteiger partial charge in [0.15, 0.2) is 0 Å². The molecule has 0 spiro atoms. The number of rotatable bonds is 4. The maximum absolute atomic E-state index is 10.5. The first-order chi connectivity index (χ1) is 4.45. The molecule has 0 amide bonds. The van der Waals surface area contributed by atoms with Crippen LogP contribution in [0.3, 0.4) is 0 Å². The average Bonchev–Trinajstić information content (AvgIpc) is 1.81. The van der Waals surface area contributed by atoms with Crippen molar-refractivity contribution in [3.05, 3.63) is 0 Å². The first-order valence-corrected chi connectivity index (χ1v) is 5.13. The van der Waals surface area contributed by atoms with E-state index in [1.165, 1.54) is 0 Å². The van der Waals surface area contributed by atoms with Crippen molar-refractivity contribution in [3.8, 4) is 0 Å². The summed E-state index contributed by atoms with van der Waals surface area (Å²) in [5.41, 5.74) is 0. The minimum atomic E-state index is -2.93. The summed E-state index contributed by atoms with van der Waals surface area (Å²) in [5, 5.41) is 9.76. The van der Waals surface area contributed by atoms with Crippen molar-refractivity contribution in [2.24, 2.45) is 0 Å². The second-order valence-electron chi connectivity index (χ2n) is 2.18. The Kier molecular flexibility index (Phi) is 3.85. The molecule has 0 heterocycles. The van der Waals surface area contributed by atoms with Gasteiger partial charge in [0.05, 0.1) is 5.75 Å². The van der Waals surface area contributed by atoms with Gasteiger partial charge in [-0.25, -0.2) is 8.42 Å². The fourth-order valence-corrected chi connectivity index (χ4v) is 0.972. The Morgan fingerprint density at radius 1 is 1.50 bits per heavy atom. The van der Waals surface area contributed by atoms with Crippen LogP contribution in [0.4, 0.5) is 0 Å². The molecule has 0 aromatic heterocycles. The largest absolute Gasteiger partial charge is 0.314 e. The van der Waals surface area contributed by atoms with E-state index in [2.05, 4.69) is 0 Å². The predicted molar refractivity (Wildman–Crippen MR) is 38.7 cm³/mol.